The molecular formula is C27H47FN6O4S. The number of allylic oxidation sites excluding steroid dienone is 1. The van der Waals surface area contributed by atoms with Crippen molar-refractivity contribution >= 4 is 15.7 Å². The molecule has 1 saturated carbocycles. The third-order valence-electron chi connectivity index (χ3n) is 9.66. The van der Waals surface area contributed by atoms with Gasteiger partial charge < -0.3 is 32.2 Å². The highest BCUT2D eigenvalue weighted by atomic mass is 32.2. The Labute approximate surface area is 232 Å². The van der Waals surface area contributed by atoms with Gasteiger partial charge in [0.25, 0.3) is 0 Å². The highest BCUT2D eigenvalue weighted by molar-refractivity contribution is 7.92. The van der Waals surface area contributed by atoms with E-state index in [-0.39, 0.29) is 41.0 Å². The molecule has 222 valence electrons. The van der Waals surface area contributed by atoms with Gasteiger partial charge in [0, 0.05) is 24.8 Å². The monoisotopic (exact) mass is 570 g/mol. The Bertz CT molecular complexity index is 998. The molecule has 4 aliphatic heterocycles. The Morgan fingerprint density at radius 3 is 2.49 bits per heavy atom. The predicted octanol–water partition coefficient (Wildman–Crippen LogP) is 0.137. The van der Waals surface area contributed by atoms with Crippen LogP contribution in [0.1, 0.15) is 57.8 Å². The van der Waals surface area contributed by atoms with Crippen LogP contribution in [0, 0.1) is 11.8 Å². The zero-order valence-electron chi connectivity index (χ0n) is 23.0. The van der Waals surface area contributed by atoms with Gasteiger partial charge in [-0.1, -0.05) is 6.42 Å². The number of piperidine rings is 2. The standard InChI is InChI=1S/C27H47FN6O4S/c28-18-6-5-17-3-1-2-4-21(17)25(32-13-18)24(26(29)30)27(35)33-22-14-31-10-7-23(22)34-11-8-19(9-12-34)39(36,37)20-15-38-16-20/h17-20,22-24,26,31-32H,1-16,29-30H2,(H,33,35)/b25-21-. The number of sulfone groups is 1. The quantitative estimate of drug-likeness (QED) is 0.269. The molecule has 0 aromatic carbocycles. The van der Waals surface area contributed by atoms with Gasteiger partial charge in [0.1, 0.15) is 17.3 Å². The maximum atomic E-state index is 14.5. The molecule has 1 amide bonds. The van der Waals surface area contributed by atoms with Crippen molar-refractivity contribution in [3.63, 3.8) is 0 Å². The minimum atomic E-state index is -3.16. The Morgan fingerprint density at radius 2 is 1.79 bits per heavy atom. The molecular weight excluding hydrogens is 523 g/mol. The third kappa shape index (κ3) is 6.46. The van der Waals surface area contributed by atoms with E-state index in [0.29, 0.717) is 52.1 Å². The number of fused-ring (bicyclic) bond motifs is 1. The van der Waals surface area contributed by atoms with E-state index < -0.39 is 28.1 Å². The smallest absolute Gasteiger partial charge is 0.232 e. The number of nitrogens with zero attached hydrogens (tertiary/aromatic N) is 1. The molecule has 5 aliphatic rings. The van der Waals surface area contributed by atoms with Gasteiger partial charge in [0.15, 0.2) is 9.84 Å². The molecule has 3 saturated heterocycles. The predicted molar refractivity (Wildman–Crippen MR) is 148 cm³/mol. The molecule has 0 aromatic heterocycles. The second kappa shape index (κ2) is 12.7. The summed E-state index contributed by atoms with van der Waals surface area (Å²) in [5, 5.41) is 9.26. The molecule has 5 atom stereocenters. The summed E-state index contributed by atoms with van der Waals surface area (Å²) in [4.78, 5) is 16.2. The Balaban J connectivity index is 1.28. The molecule has 0 spiro atoms. The zero-order chi connectivity index (χ0) is 27.6. The van der Waals surface area contributed by atoms with E-state index in [0.717, 1.165) is 50.8 Å². The van der Waals surface area contributed by atoms with E-state index in [1.165, 1.54) is 5.57 Å². The van der Waals surface area contributed by atoms with E-state index in [9.17, 15) is 17.6 Å². The zero-order valence-corrected chi connectivity index (χ0v) is 23.8. The SMILES string of the molecule is NC(N)C(C(=O)NC1CNCCC1N1CCC(S(=O)(=O)C2COC2)CC1)/C1=C2\CCCCC2CCC(F)CN1. The molecule has 5 rings (SSSR count). The van der Waals surface area contributed by atoms with Crippen molar-refractivity contribution in [2.24, 2.45) is 23.3 Å². The van der Waals surface area contributed by atoms with Crippen molar-refractivity contribution in [1.82, 2.24) is 20.9 Å². The second-order valence-electron chi connectivity index (χ2n) is 12.2. The Hall–Kier alpha value is -1.31. The average molecular weight is 571 g/mol. The summed E-state index contributed by atoms with van der Waals surface area (Å²) in [6.45, 7) is 3.63. The first-order valence-electron chi connectivity index (χ1n) is 14.9. The first-order chi connectivity index (χ1) is 18.8. The summed E-state index contributed by atoms with van der Waals surface area (Å²) in [7, 11) is -3.16. The van der Waals surface area contributed by atoms with Crippen molar-refractivity contribution < 1.29 is 22.3 Å². The van der Waals surface area contributed by atoms with Gasteiger partial charge in [0.05, 0.1) is 30.7 Å². The van der Waals surface area contributed by atoms with Crippen molar-refractivity contribution in [2.45, 2.75) is 92.7 Å². The van der Waals surface area contributed by atoms with Crippen LogP contribution in [0.3, 0.4) is 0 Å². The van der Waals surface area contributed by atoms with Crippen LogP contribution in [-0.4, -0.2) is 100 Å². The van der Waals surface area contributed by atoms with Crippen LogP contribution >= 0.6 is 0 Å². The minimum Gasteiger partial charge on any atom is -0.385 e. The molecule has 4 fully saturated rings. The van der Waals surface area contributed by atoms with E-state index in [2.05, 4.69) is 20.9 Å². The van der Waals surface area contributed by atoms with Crippen LogP contribution < -0.4 is 27.4 Å². The molecule has 10 nitrogen and oxygen atoms in total. The number of carbonyl (C=O) groups is 1. The average Bonchev–Trinajstić information content (AvgIpc) is 2.88. The summed E-state index contributed by atoms with van der Waals surface area (Å²) >= 11 is 0. The first kappa shape index (κ1) is 29.2. The van der Waals surface area contributed by atoms with Crippen molar-refractivity contribution in [3.8, 4) is 0 Å². The third-order valence-corrected chi connectivity index (χ3v) is 12.3. The lowest BCUT2D eigenvalue weighted by atomic mass is 9.77. The fourth-order valence-electron chi connectivity index (χ4n) is 7.30. The number of nitrogens with one attached hydrogen (secondary N) is 3. The number of hydrogen-bond donors (Lipinski definition) is 5. The molecule has 0 bridgehead atoms. The van der Waals surface area contributed by atoms with E-state index in [1.807, 2.05) is 0 Å². The Morgan fingerprint density at radius 1 is 1.03 bits per heavy atom. The molecule has 4 heterocycles. The summed E-state index contributed by atoms with van der Waals surface area (Å²) in [6.07, 6.45) is 5.58. The summed E-state index contributed by atoms with van der Waals surface area (Å²) in [5.41, 5.74) is 14.4. The topological polar surface area (TPSA) is 152 Å². The lowest BCUT2D eigenvalue weighted by molar-refractivity contribution is -0.126. The van der Waals surface area contributed by atoms with Crippen LogP contribution in [0.4, 0.5) is 4.39 Å². The van der Waals surface area contributed by atoms with Gasteiger partial charge in [-0.2, -0.15) is 0 Å². The summed E-state index contributed by atoms with van der Waals surface area (Å²) < 4.78 is 45.4. The van der Waals surface area contributed by atoms with Gasteiger partial charge in [-0.25, -0.2) is 12.8 Å². The van der Waals surface area contributed by atoms with Crippen LogP contribution in [0.25, 0.3) is 0 Å². The molecule has 1 aliphatic carbocycles. The number of nitrogens with two attached hydrogens (primary N) is 2. The lowest BCUT2D eigenvalue weighted by Crippen LogP contribution is -2.63. The number of halogens is 1. The second-order valence-corrected chi connectivity index (χ2v) is 14.7. The highest BCUT2D eigenvalue weighted by Crippen LogP contribution is 2.38. The fraction of sp³-hybridized carbons (Fsp3) is 0.889. The van der Waals surface area contributed by atoms with Gasteiger partial charge in [-0.3, -0.25) is 9.69 Å². The van der Waals surface area contributed by atoms with E-state index in [4.69, 9.17) is 16.2 Å². The largest absolute Gasteiger partial charge is 0.385 e. The maximum absolute atomic E-state index is 14.5. The van der Waals surface area contributed by atoms with E-state index >= 15 is 0 Å². The normalized spacial score (nSPS) is 34.8. The minimum absolute atomic E-state index is 0.0983. The fourth-order valence-corrected chi connectivity index (χ4v) is 9.28. The van der Waals surface area contributed by atoms with Gasteiger partial charge in [0.2, 0.25) is 5.91 Å². The number of hydrogen-bond acceptors (Lipinski definition) is 9. The summed E-state index contributed by atoms with van der Waals surface area (Å²) in [5.74, 6) is -0.725. The number of amides is 1. The highest BCUT2D eigenvalue weighted by Gasteiger charge is 2.43. The van der Waals surface area contributed by atoms with Crippen molar-refractivity contribution in [2.75, 3.05) is 45.9 Å². The number of ether oxygens (including phenoxy) is 1. The molecule has 39 heavy (non-hydrogen) atoms. The summed E-state index contributed by atoms with van der Waals surface area (Å²) in [6, 6.07) is -0.0583. The van der Waals surface area contributed by atoms with Gasteiger partial charge >= 0.3 is 0 Å². The Kier molecular flexibility index (Phi) is 9.50. The van der Waals surface area contributed by atoms with Crippen LogP contribution in [-0.2, 0) is 19.4 Å². The molecule has 0 aromatic rings. The molecule has 5 unspecified atom stereocenters. The molecule has 7 N–H and O–H groups in total. The van der Waals surface area contributed by atoms with Crippen molar-refractivity contribution in [1.29, 1.82) is 0 Å². The van der Waals surface area contributed by atoms with Crippen LogP contribution in [0.2, 0.25) is 0 Å². The lowest BCUT2D eigenvalue weighted by Gasteiger charge is -2.44. The van der Waals surface area contributed by atoms with Crippen molar-refractivity contribution in [3.05, 3.63) is 11.3 Å². The molecule has 0 radical (unpaired) electrons. The van der Waals surface area contributed by atoms with Crippen LogP contribution in [0.15, 0.2) is 11.3 Å². The number of alkyl halides is 1. The van der Waals surface area contributed by atoms with Gasteiger partial charge in [-0.05, 0) is 82.5 Å². The maximum Gasteiger partial charge on any atom is 0.232 e. The van der Waals surface area contributed by atoms with E-state index in [1.54, 1.807) is 0 Å². The van der Waals surface area contributed by atoms with Crippen LogP contribution in [0.5, 0.6) is 0 Å². The van der Waals surface area contributed by atoms with Gasteiger partial charge in [-0.15, -0.1) is 0 Å². The first-order valence-corrected chi connectivity index (χ1v) is 16.5. The number of rotatable bonds is 7. The number of carbonyl (C=O) groups excluding carboxylic acids is 1. The molecule has 12 heteroatoms. The number of likely N-dealkylation sites (tertiary alicyclic amines) is 1.